The Hall–Kier alpha value is -3.84. The molecule has 1 heterocycles. The number of fused-ring (bicyclic) bond motifs is 2. The second-order valence-corrected chi connectivity index (χ2v) is 6.19. The molecule has 0 aliphatic rings. The fraction of sp³-hybridized carbons (Fsp3) is 0.0435. The number of carbonyl (C=O) groups is 1. The van der Waals surface area contributed by atoms with Crippen molar-refractivity contribution in [3.05, 3.63) is 84.1 Å². The number of benzene rings is 3. The van der Waals surface area contributed by atoms with Crippen molar-refractivity contribution in [1.29, 1.82) is 0 Å². The van der Waals surface area contributed by atoms with Crippen molar-refractivity contribution < 1.29 is 4.79 Å². The van der Waals surface area contributed by atoms with Crippen LogP contribution in [0.15, 0.2) is 78.0 Å². The molecule has 0 aliphatic carbocycles. The topological polar surface area (TPSA) is 46.4 Å². The Morgan fingerprint density at radius 1 is 1.07 bits per heavy atom. The molecule has 0 saturated heterocycles. The zero-order valence-corrected chi connectivity index (χ0v) is 14.6. The first-order valence-corrected chi connectivity index (χ1v) is 8.60. The summed E-state index contributed by atoms with van der Waals surface area (Å²) < 4.78 is 1.99. The molecule has 4 rings (SSSR count). The van der Waals surface area contributed by atoms with Crippen LogP contribution in [0.1, 0.15) is 15.9 Å². The number of hydrogen-bond donors (Lipinski definition) is 1. The maximum Gasteiger partial charge on any atom is 0.271 e. The molecule has 4 heteroatoms. The van der Waals surface area contributed by atoms with Crippen LogP contribution < -0.4 is 5.43 Å². The van der Waals surface area contributed by atoms with E-state index in [0.29, 0.717) is 12.1 Å². The van der Waals surface area contributed by atoms with E-state index >= 15 is 0 Å². The number of para-hydroxylation sites is 1. The maximum atomic E-state index is 12.4. The van der Waals surface area contributed by atoms with Crippen LogP contribution >= 0.6 is 0 Å². The third kappa shape index (κ3) is 3.31. The van der Waals surface area contributed by atoms with Gasteiger partial charge in [-0.1, -0.05) is 54.5 Å². The van der Waals surface area contributed by atoms with Gasteiger partial charge in [-0.3, -0.25) is 4.79 Å². The minimum Gasteiger partial charge on any atom is -0.335 e. The van der Waals surface area contributed by atoms with Gasteiger partial charge < -0.3 is 4.57 Å². The summed E-state index contributed by atoms with van der Waals surface area (Å²) in [6.07, 6.45) is 9.03. The van der Waals surface area contributed by atoms with Gasteiger partial charge in [-0.2, -0.15) is 5.10 Å². The van der Waals surface area contributed by atoms with Crippen molar-refractivity contribution in [1.82, 2.24) is 9.99 Å². The van der Waals surface area contributed by atoms with E-state index in [4.69, 9.17) is 6.42 Å². The molecule has 0 unspecified atom stereocenters. The number of nitrogens with zero attached hydrogens (tertiary/aromatic N) is 2. The molecule has 0 radical (unpaired) electrons. The quantitative estimate of drug-likeness (QED) is 0.334. The largest absolute Gasteiger partial charge is 0.335 e. The Morgan fingerprint density at radius 3 is 2.70 bits per heavy atom. The van der Waals surface area contributed by atoms with Crippen LogP contribution in [0.5, 0.6) is 0 Å². The monoisotopic (exact) mass is 351 g/mol. The molecule has 1 N–H and O–H groups in total. The summed E-state index contributed by atoms with van der Waals surface area (Å²) in [5.74, 6) is 2.40. The molecule has 0 aliphatic heterocycles. The second kappa shape index (κ2) is 7.19. The molecule has 4 nitrogen and oxygen atoms in total. The van der Waals surface area contributed by atoms with Gasteiger partial charge in [0.2, 0.25) is 0 Å². The third-order valence-corrected chi connectivity index (χ3v) is 4.46. The predicted octanol–water partition coefficient (Wildman–Crippen LogP) is 4.19. The molecule has 0 saturated carbocycles. The number of nitrogens with one attached hydrogen (secondary N) is 1. The summed E-state index contributed by atoms with van der Waals surface area (Å²) in [7, 11) is 0. The highest BCUT2D eigenvalue weighted by molar-refractivity contribution is 6.01. The highest BCUT2D eigenvalue weighted by atomic mass is 16.2. The molecule has 130 valence electrons. The number of rotatable bonds is 4. The van der Waals surface area contributed by atoms with Crippen molar-refractivity contribution in [2.45, 2.75) is 6.54 Å². The summed E-state index contributed by atoms with van der Waals surface area (Å²) in [4.78, 5) is 12.4. The SMILES string of the molecule is C#CCn1cc(/C=N\NC(=O)c2ccc3ccccc3c2)c2ccccc21. The van der Waals surface area contributed by atoms with E-state index in [1.807, 2.05) is 71.4 Å². The third-order valence-electron chi connectivity index (χ3n) is 4.46. The molecular formula is C23H17N3O. The Morgan fingerprint density at radius 2 is 1.85 bits per heavy atom. The summed E-state index contributed by atoms with van der Waals surface area (Å²) in [5, 5.41) is 7.29. The molecule has 0 spiro atoms. The van der Waals surface area contributed by atoms with Crippen LogP contribution in [0.2, 0.25) is 0 Å². The fourth-order valence-electron chi connectivity index (χ4n) is 3.16. The number of hydrogen-bond acceptors (Lipinski definition) is 2. The lowest BCUT2D eigenvalue weighted by molar-refractivity contribution is 0.0955. The van der Waals surface area contributed by atoms with Crippen molar-refractivity contribution in [3.63, 3.8) is 0 Å². The zero-order valence-electron chi connectivity index (χ0n) is 14.6. The van der Waals surface area contributed by atoms with Crippen LogP contribution in [0.4, 0.5) is 0 Å². The molecule has 1 aromatic heterocycles. The average molecular weight is 351 g/mol. The van der Waals surface area contributed by atoms with E-state index in [1.165, 1.54) is 0 Å². The van der Waals surface area contributed by atoms with E-state index in [0.717, 1.165) is 27.2 Å². The van der Waals surface area contributed by atoms with E-state index < -0.39 is 0 Å². The van der Waals surface area contributed by atoms with Gasteiger partial charge in [0.25, 0.3) is 5.91 Å². The fourth-order valence-corrected chi connectivity index (χ4v) is 3.16. The Labute approximate surface area is 157 Å². The van der Waals surface area contributed by atoms with Gasteiger partial charge in [0.15, 0.2) is 0 Å². The van der Waals surface area contributed by atoms with Crippen molar-refractivity contribution in [2.75, 3.05) is 0 Å². The van der Waals surface area contributed by atoms with Gasteiger partial charge in [-0.25, -0.2) is 5.43 Å². The standard InChI is InChI=1S/C23H17N3O/c1-2-13-26-16-20(21-9-5-6-10-22(21)26)15-24-25-23(27)19-12-11-17-7-3-4-8-18(17)14-19/h1,3-12,14-16H,13H2,(H,25,27)/b24-15-. The summed E-state index contributed by atoms with van der Waals surface area (Å²) in [5.41, 5.74) is 5.11. The number of terminal acetylenes is 1. The minimum atomic E-state index is -0.246. The zero-order chi connectivity index (χ0) is 18.6. The molecule has 0 bridgehead atoms. The summed E-state index contributed by atoms with van der Waals surface area (Å²) in [6, 6.07) is 21.5. The van der Waals surface area contributed by atoms with E-state index in [-0.39, 0.29) is 5.91 Å². The van der Waals surface area contributed by atoms with Gasteiger partial charge in [0.1, 0.15) is 0 Å². The van der Waals surface area contributed by atoms with E-state index in [1.54, 1.807) is 12.3 Å². The van der Waals surface area contributed by atoms with Crippen molar-refractivity contribution >= 4 is 33.8 Å². The highest BCUT2D eigenvalue weighted by Gasteiger charge is 2.07. The number of hydrazone groups is 1. The van der Waals surface area contributed by atoms with E-state index in [2.05, 4.69) is 16.4 Å². The number of amides is 1. The van der Waals surface area contributed by atoms with Crippen LogP contribution in [0, 0.1) is 12.3 Å². The van der Waals surface area contributed by atoms with Gasteiger partial charge in [0.05, 0.1) is 12.8 Å². The number of aromatic nitrogens is 1. The Balaban J connectivity index is 1.56. The van der Waals surface area contributed by atoms with Crippen LogP contribution in [-0.4, -0.2) is 16.7 Å². The van der Waals surface area contributed by atoms with Gasteiger partial charge >= 0.3 is 0 Å². The predicted molar refractivity (Wildman–Crippen MR) is 110 cm³/mol. The molecule has 3 aromatic carbocycles. The van der Waals surface area contributed by atoms with Crippen LogP contribution in [0.3, 0.4) is 0 Å². The second-order valence-electron chi connectivity index (χ2n) is 6.19. The molecule has 0 fully saturated rings. The highest BCUT2D eigenvalue weighted by Crippen LogP contribution is 2.20. The molecular weight excluding hydrogens is 334 g/mol. The number of carbonyl (C=O) groups excluding carboxylic acids is 1. The van der Waals surface area contributed by atoms with E-state index in [9.17, 15) is 4.79 Å². The minimum absolute atomic E-state index is 0.246. The van der Waals surface area contributed by atoms with Crippen molar-refractivity contribution in [2.24, 2.45) is 5.10 Å². The first kappa shape index (κ1) is 16.6. The Bertz CT molecular complexity index is 1210. The Kier molecular flexibility index (Phi) is 4.42. The van der Waals surface area contributed by atoms with Gasteiger partial charge in [-0.15, -0.1) is 6.42 Å². The molecule has 1 amide bonds. The molecule has 4 aromatic rings. The van der Waals surface area contributed by atoms with Gasteiger partial charge in [0, 0.05) is 28.2 Å². The first-order valence-electron chi connectivity index (χ1n) is 8.60. The van der Waals surface area contributed by atoms with Gasteiger partial charge in [-0.05, 0) is 29.0 Å². The smallest absolute Gasteiger partial charge is 0.271 e. The maximum absolute atomic E-state index is 12.4. The lowest BCUT2D eigenvalue weighted by Gasteiger charge is -2.02. The van der Waals surface area contributed by atoms with Crippen molar-refractivity contribution in [3.8, 4) is 12.3 Å². The van der Waals surface area contributed by atoms with Crippen LogP contribution in [0.25, 0.3) is 21.7 Å². The normalized spacial score (nSPS) is 11.1. The van der Waals surface area contributed by atoms with Crippen LogP contribution in [-0.2, 0) is 6.54 Å². The lowest BCUT2D eigenvalue weighted by Crippen LogP contribution is -2.17. The molecule has 27 heavy (non-hydrogen) atoms. The first-order chi connectivity index (χ1) is 13.3. The lowest BCUT2D eigenvalue weighted by atomic mass is 10.1. The summed E-state index contributed by atoms with van der Waals surface area (Å²) >= 11 is 0. The average Bonchev–Trinajstić information content (AvgIpc) is 3.06. The summed E-state index contributed by atoms with van der Waals surface area (Å²) in [6.45, 7) is 0.484. The molecule has 0 atom stereocenters.